The maximum atomic E-state index is 8.38. The van der Waals surface area contributed by atoms with E-state index in [0.29, 0.717) is 0 Å². The van der Waals surface area contributed by atoms with Crippen LogP contribution in [0.1, 0.15) is 16.7 Å². The van der Waals surface area contributed by atoms with Crippen LogP contribution in [0.5, 0.6) is 0 Å². The molecule has 11 heavy (non-hydrogen) atoms. The molecule has 1 nitrogen and oxygen atoms in total. The van der Waals surface area contributed by atoms with Crippen LogP contribution in [0.2, 0.25) is 0 Å². The molecule has 0 N–H and O–H groups in total. The van der Waals surface area contributed by atoms with Gasteiger partial charge in [0, 0.05) is 15.8 Å². The molecular weight excluding hydrogens is 154 g/mol. The summed E-state index contributed by atoms with van der Waals surface area (Å²) < 4.78 is 0. The number of hydrogen-bond donors (Lipinski definition) is 0. The zero-order valence-electron chi connectivity index (χ0n) is 6.59. The highest BCUT2D eigenvalue weighted by Crippen LogP contribution is 2.22. The van der Waals surface area contributed by atoms with E-state index in [0.717, 1.165) is 5.57 Å². The van der Waals surface area contributed by atoms with Gasteiger partial charge in [0.05, 0.1) is 6.07 Å². The van der Waals surface area contributed by atoms with Crippen molar-refractivity contribution < 1.29 is 0 Å². The van der Waals surface area contributed by atoms with Gasteiger partial charge in [0.15, 0.2) is 0 Å². The minimum Gasteiger partial charge on any atom is -0.193 e. The fraction of sp³-hybridized carbons (Fsp3) is 0.222. The molecule has 0 bridgehead atoms. The average Bonchev–Trinajstić information content (AvgIpc) is 2.36. The van der Waals surface area contributed by atoms with Crippen molar-refractivity contribution in [2.45, 2.75) is 13.8 Å². The second-order valence-electron chi connectivity index (χ2n) is 2.37. The third-order valence-electron chi connectivity index (χ3n) is 1.41. The smallest absolute Gasteiger partial charge is 0.0915 e. The van der Waals surface area contributed by atoms with E-state index in [9.17, 15) is 0 Å². The lowest BCUT2D eigenvalue weighted by atomic mass is 10.2. The van der Waals surface area contributed by atoms with Crippen molar-refractivity contribution in [1.82, 2.24) is 0 Å². The molecule has 0 atom stereocenters. The minimum absolute atomic E-state index is 1.05. The van der Waals surface area contributed by atoms with Crippen molar-refractivity contribution in [2.75, 3.05) is 0 Å². The first-order valence-corrected chi connectivity index (χ1v) is 4.19. The summed E-state index contributed by atoms with van der Waals surface area (Å²) in [5.41, 5.74) is 1.05. The highest BCUT2D eigenvalue weighted by molar-refractivity contribution is 7.13. The fourth-order valence-corrected chi connectivity index (χ4v) is 1.65. The second kappa shape index (κ2) is 3.36. The Morgan fingerprint density at radius 2 is 2.36 bits per heavy atom. The standard InChI is InChI=1S/C9H9NS/c1-7(5-6-10)9-4-3-8(2)11-9/h3-5H,1-2H3. The van der Waals surface area contributed by atoms with Crippen LogP contribution < -0.4 is 0 Å². The summed E-state index contributed by atoms with van der Waals surface area (Å²) in [4.78, 5) is 2.47. The van der Waals surface area contributed by atoms with E-state index in [4.69, 9.17) is 5.26 Å². The second-order valence-corrected chi connectivity index (χ2v) is 3.65. The number of rotatable bonds is 1. The van der Waals surface area contributed by atoms with Gasteiger partial charge in [-0.3, -0.25) is 0 Å². The molecule has 0 saturated heterocycles. The highest BCUT2D eigenvalue weighted by atomic mass is 32.1. The van der Waals surface area contributed by atoms with Gasteiger partial charge in [-0.25, -0.2) is 0 Å². The van der Waals surface area contributed by atoms with Gasteiger partial charge < -0.3 is 0 Å². The molecule has 1 aromatic heterocycles. The number of nitriles is 1. The van der Waals surface area contributed by atoms with E-state index < -0.39 is 0 Å². The Labute approximate surface area is 70.6 Å². The molecule has 1 aromatic rings. The first kappa shape index (κ1) is 8.03. The van der Waals surface area contributed by atoms with Crippen molar-refractivity contribution in [3.05, 3.63) is 28.0 Å². The Kier molecular flexibility index (Phi) is 2.45. The predicted molar refractivity (Wildman–Crippen MR) is 48.3 cm³/mol. The lowest BCUT2D eigenvalue weighted by Gasteiger charge is -1.89. The Bertz CT molecular complexity index is 315. The van der Waals surface area contributed by atoms with E-state index in [2.05, 4.69) is 13.0 Å². The highest BCUT2D eigenvalue weighted by Gasteiger charge is 1.96. The summed E-state index contributed by atoms with van der Waals surface area (Å²) in [7, 11) is 0. The number of hydrogen-bond acceptors (Lipinski definition) is 2. The minimum atomic E-state index is 1.05. The van der Waals surface area contributed by atoms with Gasteiger partial charge in [-0.05, 0) is 31.6 Å². The number of allylic oxidation sites excluding steroid dienone is 2. The van der Waals surface area contributed by atoms with Crippen molar-refractivity contribution in [3.63, 3.8) is 0 Å². The SMILES string of the molecule is CC(=CC#N)c1ccc(C)s1. The summed E-state index contributed by atoms with van der Waals surface area (Å²) in [5.74, 6) is 0. The molecule has 0 spiro atoms. The fourth-order valence-electron chi connectivity index (χ4n) is 0.814. The molecule has 0 aliphatic carbocycles. The van der Waals surface area contributed by atoms with Crippen LogP contribution in [-0.2, 0) is 0 Å². The van der Waals surface area contributed by atoms with Crippen LogP contribution in [0.4, 0.5) is 0 Å². The normalized spacial score (nSPS) is 11.2. The molecule has 1 heterocycles. The molecule has 0 radical (unpaired) electrons. The maximum absolute atomic E-state index is 8.38. The molecule has 0 aromatic carbocycles. The third-order valence-corrected chi connectivity index (χ3v) is 2.55. The number of thiophene rings is 1. The van der Waals surface area contributed by atoms with Gasteiger partial charge in [0.1, 0.15) is 0 Å². The maximum Gasteiger partial charge on any atom is 0.0915 e. The molecule has 2 heteroatoms. The summed E-state index contributed by atoms with van der Waals surface area (Å²) in [6, 6.07) is 6.13. The van der Waals surface area contributed by atoms with Crippen LogP contribution >= 0.6 is 11.3 Å². The van der Waals surface area contributed by atoms with Crippen LogP contribution in [-0.4, -0.2) is 0 Å². The lowest BCUT2D eigenvalue weighted by Crippen LogP contribution is -1.67. The van der Waals surface area contributed by atoms with E-state index in [-0.39, 0.29) is 0 Å². The molecule has 0 saturated carbocycles. The van der Waals surface area contributed by atoms with Crippen molar-refractivity contribution in [3.8, 4) is 6.07 Å². The topological polar surface area (TPSA) is 23.8 Å². The molecule has 1 rings (SSSR count). The van der Waals surface area contributed by atoms with Crippen LogP contribution in [0, 0.1) is 18.3 Å². The van der Waals surface area contributed by atoms with Crippen LogP contribution in [0.15, 0.2) is 18.2 Å². The van der Waals surface area contributed by atoms with E-state index in [1.807, 2.05) is 19.1 Å². The Morgan fingerprint density at radius 3 is 2.82 bits per heavy atom. The third kappa shape index (κ3) is 1.92. The average molecular weight is 163 g/mol. The Hall–Kier alpha value is -1.07. The summed E-state index contributed by atoms with van der Waals surface area (Å²) in [6.07, 6.45) is 1.57. The van der Waals surface area contributed by atoms with Gasteiger partial charge in [0.25, 0.3) is 0 Å². The Morgan fingerprint density at radius 1 is 1.64 bits per heavy atom. The monoisotopic (exact) mass is 163 g/mol. The van der Waals surface area contributed by atoms with Gasteiger partial charge in [0.2, 0.25) is 0 Å². The summed E-state index contributed by atoms with van der Waals surface area (Å²) >= 11 is 1.72. The van der Waals surface area contributed by atoms with Gasteiger partial charge >= 0.3 is 0 Å². The molecular formula is C9H9NS. The number of nitrogens with zero attached hydrogens (tertiary/aromatic N) is 1. The molecule has 0 unspecified atom stereocenters. The quantitative estimate of drug-likeness (QED) is 0.584. The van der Waals surface area contributed by atoms with E-state index in [1.165, 1.54) is 9.75 Å². The zero-order chi connectivity index (χ0) is 8.27. The molecule has 0 aliphatic rings. The molecule has 0 amide bonds. The van der Waals surface area contributed by atoms with Crippen LogP contribution in [0.3, 0.4) is 0 Å². The zero-order valence-corrected chi connectivity index (χ0v) is 7.40. The molecule has 56 valence electrons. The van der Waals surface area contributed by atoms with E-state index >= 15 is 0 Å². The van der Waals surface area contributed by atoms with Crippen molar-refractivity contribution in [1.29, 1.82) is 5.26 Å². The first-order valence-electron chi connectivity index (χ1n) is 3.37. The largest absolute Gasteiger partial charge is 0.193 e. The van der Waals surface area contributed by atoms with E-state index in [1.54, 1.807) is 17.4 Å². The summed E-state index contributed by atoms with van der Waals surface area (Å²) in [6.45, 7) is 4.02. The van der Waals surface area contributed by atoms with Gasteiger partial charge in [-0.15, -0.1) is 11.3 Å². The Balaban J connectivity index is 2.95. The first-order chi connectivity index (χ1) is 5.24. The lowest BCUT2D eigenvalue weighted by molar-refractivity contribution is 1.53. The van der Waals surface area contributed by atoms with Crippen molar-refractivity contribution in [2.24, 2.45) is 0 Å². The predicted octanol–water partition coefficient (Wildman–Crippen LogP) is 2.98. The molecule has 0 fully saturated rings. The van der Waals surface area contributed by atoms with Crippen molar-refractivity contribution >= 4 is 16.9 Å². The summed E-state index contributed by atoms with van der Waals surface area (Å²) in [5, 5.41) is 8.38. The number of aryl methyl sites for hydroxylation is 1. The molecule has 0 aliphatic heterocycles. The van der Waals surface area contributed by atoms with Gasteiger partial charge in [-0.2, -0.15) is 5.26 Å². The van der Waals surface area contributed by atoms with Gasteiger partial charge in [-0.1, -0.05) is 0 Å². The van der Waals surface area contributed by atoms with Crippen LogP contribution in [0.25, 0.3) is 5.57 Å².